The molecule has 1 N–H and O–H groups in total. The monoisotopic (exact) mass is 331 g/mol. The van der Waals surface area contributed by atoms with E-state index in [0.29, 0.717) is 22.3 Å². The quantitative estimate of drug-likeness (QED) is 0.885. The Morgan fingerprint density at radius 1 is 1.26 bits per heavy atom. The number of carbonyl (C=O) groups excluding carboxylic acids is 2. The molecule has 0 aliphatic rings. The summed E-state index contributed by atoms with van der Waals surface area (Å²) in [5, 5.41) is 5.07. The van der Waals surface area contributed by atoms with Crippen molar-refractivity contribution in [2.45, 2.75) is 20.3 Å². The van der Waals surface area contributed by atoms with Crippen LogP contribution in [-0.2, 0) is 11.2 Å². The van der Waals surface area contributed by atoms with Crippen LogP contribution in [0.15, 0.2) is 35.7 Å². The molecular weight excluding hydrogens is 310 g/mol. The van der Waals surface area contributed by atoms with Crippen LogP contribution in [0, 0.1) is 5.92 Å². The zero-order valence-corrected chi connectivity index (χ0v) is 14.4. The highest BCUT2D eigenvalue weighted by atomic mass is 32.1. The molecule has 1 aromatic heterocycles. The predicted molar refractivity (Wildman–Crippen MR) is 92.7 cm³/mol. The van der Waals surface area contributed by atoms with Gasteiger partial charge in [0, 0.05) is 24.5 Å². The van der Waals surface area contributed by atoms with E-state index >= 15 is 0 Å². The highest BCUT2D eigenvalue weighted by Crippen LogP contribution is 2.17. The maximum Gasteiger partial charge on any atom is 0.257 e. The van der Waals surface area contributed by atoms with E-state index in [-0.39, 0.29) is 18.2 Å². The molecule has 122 valence electrons. The fraction of sp³-hybridized carbons (Fsp3) is 0.353. The fourth-order valence-corrected chi connectivity index (χ4v) is 2.85. The van der Waals surface area contributed by atoms with Crippen LogP contribution < -0.4 is 5.32 Å². The number of rotatable bonds is 6. The second kappa shape index (κ2) is 7.87. The Hall–Kier alpha value is -2.21. The second-order valence-electron chi connectivity index (χ2n) is 5.81. The number of thiazole rings is 1. The summed E-state index contributed by atoms with van der Waals surface area (Å²) in [6.07, 6.45) is 0.251. The highest BCUT2D eigenvalue weighted by Gasteiger charge is 2.14. The van der Waals surface area contributed by atoms with Crippen molar-refractivity contribution >= 4 is 28.3 Å². The molecule has 2 amide bonds. The van der Waals surface area contributed by atoms with Gasteiger partial charge < -0.3 is 4.90 Å². The van der Waals surface area contributed by atoms with Crippen molar-refractivity contribution in [3.63, 3.8) is 0 Å². The first-order valence-electron chi connectivity index (χ1n) is 7.50. The van der Waals surface area contributed by atoms with Crippen LogP contribution >= 0.6 is 11.3 Å². The van der Waals surface area contributed by atoms with Crippen LogP contribution in [0.4, 0.5) is 5.13 Å². The lowest BCUT2D eigenvalue weighted by molar-refractivity contribution is -0.129. The molecule has 1 aromatic carbocycles. The normalized spacial score (nSPS) is 10.6. The minimum absolute atomic E-state index is 0.0323. The van der Waals surface area contributed by atoms with E-state index in [2.05, 4.69) is 24.1 Å². The molecule has 0 aliphatic heterocycles. The van der Waals surface area contributed by atoms with Crippen molar-refractivity contribution in [3.05, 3.63) is 47.0 Å². The highest BCUT2D eigenvalue weighted by molar-refractivity contribution is 7.14. The third kappa shape index (κ3) is 5.17. The van der Waals surface area contributed by atoms with Crippen LogP contribution in [0.1, 0.15) is 29.9 Å². The molecule has 0 saturated carbocycles. The van der Waals surface area contributed by atoms with Gasteiger partial charge in [-0.05, 0) is 18.1 Å². The van der Waals surface area contributed by atoms with E-state index in [4.69, 9.17) is 0 Å². The van der Waals surface area contributed by atoms with Crippen LogP contribution in [0.3, 0.4) is 0 Å². The summed E-state index contributed by atoms with van der Waals surface area (Å²) in [5.41, 5.74) is 1.26. The van der Waals surface area contributed by atoms with Crippen LogP contribution in [0.25, 0.3) is 0 Å². The smallest absolute Gasteiger partial charge is 0.257 e. The van der Waals surface area contributed by atoms with Gasteiger partial charge in [0.25, 0.3) is 5.91 Å². The Labute approximate surface area is 140 Å². The Kier molecular flexibility index (Phi) is 5.87. The number of anilines is 1. The summed E-state index contributed by atoms with van der Waals surface area (Å²) in [7, 11) is 1.80. The van der Waals surface area contributed by atoms with E-state index in [1.165, 1.54) is 11.3 Å². The van der Waals surface area contributed by atoms with E-state index in [1.54, 1.807) is 24.1 Å². The Balaban J connectivity index is 1.93. The number of aromatic nitrogens is 1. The number of likely N-dealkylation sites (N-methyl/N-ethyl adjacent to an activating group) is 1. The van der Waals surface area contributed by atoms with Crippen molar-refractivity contribution in [3.8, 4) is 0 Å². The molecule has 6 heteroatoms. The van der Waals surface area contributed by atoms with Gasteiger partial charge in [0.1, 0.15) is 0 Å². The first-order valence-corrected chi connectivity index (χ1v) is 8.38. The third-order valence-corrected chi connectivity index (χ3v) is 4.01. The summed E-state index contributed by atoms with van der Waals surface area (Å²) < 4.78 is 0. The van der Waals surface area contributed by atoms with Gasteiger partial charge in [-0.15, -0.1) is 11.3 Å². The maximum absolute atomic E-state index is 12.1. The first-order chi connectivity index (χ1) is 11.0. The van der Waals surface area contributed by atoms with E-state index in [1.807, 2.05) is 23.6 Å². The SMILES string of the molecule is CC(C)CN(C)C(=O)Cc1csc(NC(=O)c2ccccc2)n1. The molecule has 2 aromatic rings. The average Bonchev–Trinajstić information content (AvgIpc) is 2.94. The number of hydrogen-bond acceptors (Lipinski definition) is 4. The summed E-state index contributed by atoms with van der Waals surface area (Å²) in [6.45, 7) is 4.87. The van der Waals surface area contributed by atoms with E-state index in [9.17, 15) is 9.59 Å². The number of hydrogen-bond donors (Lipinski definition) is 1. The van der Waals surface area contributed by atoms with Gasteiger partial charge in [-0.25, -0.2) is 4.98 Å². The molecule has 1 heterocycles. The number of amides is 2. The molecule has 0 bridgehead atoms. The van der Waals surface area contributed by atoms with Gasteiger partial charge in [0.05, 0.1) is 12.1 Å². The average molecular weight is 331 g/mol. The van der Waals surface area contributed by atoms with Crippen molar-refractivity contribution in [2.24, 2.45) is 5.92 Å². The summed E-state index contributed by atoms with van der Waals surface area (Å²) in [4.78, 5) is 30.2. The minimum Gasteiger partial charge on any atom is -0.345 e. The molecule has 23 heavy (non-hydrogen) atoms. The first kappa shape index (κ1) is 17.1. The van der Waals surface area contributed by atoms with Crippen LogP contribution in [0.2, 0.25) is 0 Å². The van der Waals surface area contributed by atoms with Crippen molar-refractivity contribution in [1.82, 2.24) is 9.88 Å². The standard InChI is InChI=1S/C17H21N3O2S/c1-12(2)10-20(3)15(21)9-14-11-23-17(18-14)19-16(22)13-7-5-4-6-8-13/h4-8,11-12H,9-10H2,1-3H3,(H,18,19,22). The van der Waals surface area contributed by atoms with Gasteiger partial charge in [-0.1, -0.05) is 32.0 Å². The zero-order chi connectivity index (χ0) is 16.8. The van der Waals surface area contributed by atoms with Gasteiger partial charge >= 0.3 is 0 Å². The molecule has 2 rings (SSSR count). The number of nitrogens with one attached hydrogen (secondary N) is 1. The molecule has 0 fully saturated rings. The van der Waals surface area contributed by atoms with Gasteiger partial charge in [-0.2, -0.15) is 0 Å². The van der Waals surface area contributed by atoms with Gasteiger partial charge in [0.2, 0.25) is 5.91 Å². The van der Waals surface area contributed by atoms with Crippen molar-refractivity contribution in [1.29, 1.82) is 0 Å². The van der Waals surface area contributed by atoms with Crippen LogP contribution in [-0.4, -0.2) is 35.3 Å². The molecular formula is C17H21N3O2S. The van der Waals surface area contributed by atoms with Crippen molar-refractivity contribution < 1.29 is 9.59 Å². The Morgan fingerprint density at radius 3 is 2.61 bits per heavy atom. The van der Waals surface area contributed by atoms with Crippen LogP contribution in [0.5, 0.6) is 0 Å². The summed E-state index contributed by atoms with van der Waals surface area (Å²) in [5.74, 6) is 0.264. The largest absolute Gasteiger partial charge is 0.345 e. The number of benzene rings is 1. The van der Waals surface area contributed by atoms with Crippen molar-refractivity contribution in [2.75, 3.05) is 18.9 Å². The maximum atomic E-state index is 12.1. The van der Waals surface area contributed by atoms with E-state index in [0.717, 1.165) is 6.54 Å². The topological polar surface area (TPSA) is 62.3 Å². The lowest BCUT2D eigenvalue weighted by Gasteiger charge is -2.18. The molecule has 0 spiro atoms. The molecule has 0 unspecified atom stereocenters. The number of carbonyl (C=O) groups is 2. The predicted octanol–water partition coefficient (Wildman–Crippen LogP) is 3.05. The lowest BCUT2D eigenvalue weighted by Crippen LogP contribution is -2.31. The Bertz CT molecular complexity index is 667. The molecule has 0 atom stereocenters. The second-order valence-corrected chi connectivity index (χ2v) is 6.67. The molecule has 0 aliphatic carbocycles. The van der Waals surface area contributed by atoms with E-state index < -0.39 is 0 Å². The minimum atomic E-state index is -0.199. The Morgan fingerprint density at radius 2 is 1.96 bits per heavy atom. The molecule has 0 saturated heterocycles. The van der Waals surface area contributed by atoms with Gasteiger partial charge in [-0.3, -0.25) is 14.9 Å². The molecule has 5 nitrogen and oxygen atoms in total. The summed E-state index contributed by atoms with van der Waals surface area (Å²) >= 11 is 1.33. The molecule has 0 radical (unpaired) electrons. The van der Waals surface area contributed by atoms with Gasteiger partial charge in [0.15, 0.2) is 5.13 Å². The third-order valence-electron chi connectivity index (χ3n) is 3.21. The summed E-state index contributed by atoms with van der Waals surface area (Å²) in [6, 6.07) is 8.97. The fourth-order valence-electron chi connectivity index (χ4n) is 2.14. The number of nitrogens with zero attached hydrogens (tertiary/aromatic N) is 2. The zero-order valence-electron chi connectivity index (χ0n) is 13.6. The lowest BCUT2D eigenvalue weighted by atomic mass is 10.2.